The Balaban J connectivity index is 0.00000280. The summed E-state index contributed by atoms with van der Waals surface area (Å²) < 4.78 is 5.50. The van der Waals surface area contributed by atoms with Crippen LogP contribution in [0.3, 0.4) is 0 Å². The number of para-hydroxylation sites is 2. The van der Waals surface area contributed by atoms with Gasteiger partial charge in [-0.25, -0.2) is 4.98 Å². The summed E-state index contributed by atoms with van der Waals surface area (Å²) in [5.74, 6) is 1.80. The van der Waals surface area contributed by atoms with Gasteiger partial charge in [-0.05, 0) is 31.9 Å². The van der Waals surface area contributed by atoms with Gasteiger partial charge in [0.05, 0.1) is 17.8 Å². The maximum Gasteiger partial charge on any atom is 0.191 e. The molecule has 0 aliphatic carbocycles. The summed E-state index contributed by atoms with van der Waals surface area (Å²) in [6.07, 6.45) is 3.14. The molecular formula is C20H30IN5OS. The standard InChI is InChI=1S/C20H29N5OS.HI/c1-15-14-27-19(23-15)9-6-11-22-20(21-2)24-16-10-12-25(13-16)17-7-4-5-8-18(17)26-3;/h4-5,7-8,14,16H,6,9-13H2,1-3H3,(H2,21,22,24);1H. The smallest absolute Gasteiger partial charge is 0.191 e. The summed E-state index contributed by atoms with van der Waals surface area (Å²) in [4.78, 5) is 11.3. The van der Waals surface area contributed by atoms with Crippen LogP contribution < -0.4 is 20.3 Å². The largest absolute Gasteiger partial charge is 0.495 e. The minimum atomic E-state index is 0. The molecule has 3 rings (SSSR count). The van der Waals surface area contributed by atoms with E-state index in [1.54, 1.807) is 18.4 Å². The monoisotopic (exact) mass is 515 g/mol. The van der Waals surface area contributed by atoms with Gasteiger partial charge in [0.1, 0.15) is 5.75 Å². The van der Waals surface area contributed by atoms with Crippen LogP contribution in [0, 0.1) is 6.92 Å². The second-order valence-corrected chi connectivity index (χ2v) is 7.68. The number of halogens is 1. The van der Waals surface area contributed by atoms with E-state index in [0.717, 1.165) is 62.0 Å². The topological polar surface area (TPSA) is 61.8 Å². The molecule has 1 unspecified atom stereocenters. The highest BCUT2D eigenvalue weighted by atomic mass is 127. The number of ether oxygens (including phenoxy) is 1. The molecule has 6 nitrogen and oxygen atoms in total. The minimum absolute atomic E-state index is 0. The molecule has 28 heavy (non-hydrogen) atoms. The number of benzene rings is 1. The van der Waals surface area contributed by atoms with E-state index in [1.807, 2.05) is 26.1 Å². The fraction of sp³-hybridized carbons (Fsp3) is 0.500. The van der Waals surface area contributed by atoms with E-state index >= 15 is 0 Å². The zero-order chi connectivity index (χ0) is 19.1. The number of thiazole rings is 1. The van der Waals surface area contributed by atoms with Gasteiger partial charge in [0.2, 0.25) is 0 Å². The van der Waals surface area contributed by atoms with Crippen molar-refractivity contribution in [3.05, 3.63) is 40.3 Å². The number of guanidine groups is 1. The number of aryl methyl sites for hydroxylation is 2. The van der Waals surface area contributed by atoms with Gasteiger partial charge in [-0.2, -0.15) is 0 Å². The summed E-state index contributed by atoms with van der Waals surface area (Å²) in [5, 5.41) is 10.3. The highest BCUT2D eigenvalue weighted by Gasteiger charge is 2.25. The molecule has 0 radical (unpaired) electrons. The Labute approximate surface area is 188 Å². The third-order valence-corrected chi connectivity index (χ3v) is 5.73. The summed E-state index contributed by atoms with van der Waals surface area (Å²) >= 11 is 1.74. The van der Waals surface area contributed by atoms with E-state index in [1.165, 1.54) is 5.01 Å². The molecule has 1 aromatic heterocycles. The van der Waals surface area contributed by atoms with Crippen LogP contribution in [0.25, 0.3) is 0 Å². The summed E-state index contributed by atoms with van der Waals surface area (Å²) in [7, 11) is 3.55. The zero-order valence-corrected chi connectivity index (χ0v) is 19.9. The van der Waals surface area contributed by atoms with Gasteiger partial charge in [-0.15, -0.1) is 35.3 Å². The predicted octanol–water partition coefficient (Wildman–Crippen LogP) is 3.45. The summed E-state index contributed by atoms with van der Waals surface area (Å²) in [6.45, 7) is 4.89. The van der Waals surface area contributed by atoms with Crippen LogP contribution in [0.4, 0.5) is 5.69 Å². The van der Waals surface area contributed by atoms with Crippen molar-refractivity contribution < 1.29 is 4.74 Å². The molecule has 1 fully saturated rings. The lowest BCUT2D eigenvalue weighted by molar-refractivity contribution is 0.415. The fourth-order valence-corrected chi connectivity index (χ4v) is 4.16. The van der Waals surface area contributed by atoms with Crippen molar-refractivity contribution in [3.63, 3.8) is 0 Å². The molecule has 1 aliphatic heterocycles. The molecule has 1 aromatic carbocycles. The maximum atomic E-state index is 5.50. The van der Waals surface area contributed by atoms with Crippen LogP contribution >= 0.6 is 35.3 Å². The quantitative estimate of drug-likeness (QED) is 0.256. The number of anilines is 1. The molecule has 0 bridgehead atoms. The molecule has 2 N–H and O–H groups in total. The Kier molecular flexibility index (Phi) is 9.30. The van der Waals surface area contributed by atoms with E-state index in [-0.39, 0.29) is 24.0 Å². The molecule has 0 saturated carbocycles. The molecule has 1 aliphatic rings. The van der Waals surface area contributed by atoms with Crippen LogP contribution in [0.5, 0.6) is 5.75 Å². The highest BCUT2D eigenvalue weighted by Crippen LogP contribution is 2.30. The second-order valence-electron chi connectivity index (χ2n) is 6.73. The van der Waals surface area contributed by atoms with Crippen LogP contribution in [-0.4, -0.2) is 50.8 Å². The lowest BCUT2D eigenvalue weighted by Gasteiger charge is -2.22. The van der Waals surface area contributed by atoms with Gasteiger partial charge in [0, 0.05) is 50.2 Å². The Morgan fingerprint density at radius 3 is 2.93 bits per heavy atom. The first kappa shape index (κ1) is 22.7. The molecule has 2 aromatic rings. The molecule has 154 valence electrons. The molecule has 2 heterocycles. The van der Waals surface area contributed by atoms with Gasteiger partial charge in [0.15, 0.2) is 5.96 Å². The number of hydrogen-bond acceptors (Lipinski definition) is 5. The van der Waals surface area contributed by atoms with Crippen molar-refractivity contribution in [2.75, 3.05) is 38.7 Å². The Hall–Kier alpha value is -1.55. The summed E-state index contributed by atoms with van der Waals surface area (Å²) in [6, 6.07) is 8.58. The van der Waals surface area contributed by atoms with Gasteiger partial charge in [-0.3, -0.25) is 4.99 Å². The Morgan fingerprint density at radius 2 is 2.21 bits per heavy atom. The number of nitrogens with one attached hydrogen (secondary N) is 2. The number of methoxy groups -OCH3 is 1. The third-order valence-electron chi connectivity index (χ3n) is 4.70. The van der Waals surface area contributed by atoms with Gasteiger partial charge >= 0.3 is 0 Å². The molecule has 0 spiro atoms. The number of aliphatic imine (C=N–C) groups is 1. The van der Waals surface area contributed by atoms with E-state index in [9.17, 15) is 0 Å². The van der Waals surface area contributed by atoms with Crippen molar-refractivity contribution in [1.29, 1.82) is 0 Å². The van der Waals surface area contributed by atoms with Crippen LogP contribution in [0.15, 0.2) is 34.6 Å². The average Bonchev–Trinajstić information content (AvgIpc) is 3.33. The van der Waals surface area contributed by atoms with E-state index in [4.69, 9.17) is 4.74 Å². The second kappa shape index (κ2) is 11.5. The van der Waals surface area contributed by atoms with Crippen molar-refractivity contribution in [2.45, 2.75) is 32.2 Å². The molecule has 0 amide bonds. The third kappa shape index (κ3) is 6.23. The lowest BCUT2D eigenvalue weighted by atomic mass is 10.2. The first-order chi connectivity index (χ1) is 13.2. The zero-order valence-electron chi connectivity index (χ0n) is 16.8. The molecule has 1 saturated heterocycles. The van der Waals surface area contributed by atoms with E-state index < -0.39 is 0 Å². The normalized spacial score (nSPS) is 16.6. The van der Waals surface area contributed by atoms with Crippen molar-refractivity contribution >= 4 is 47.0 Å². The van der Waals surface area contributed by atoms with Gasteiger partial charge < -0.3 is 20.3 Å². The first-order valence-electron chi connectivity index (χ1n) is 9.45. The highest BCUT2D eigenvalue weighted by molar-refractivity contribution is 14.0. The molecular weight excluding hydrogens is 485 g/mol. The van der Waals surface area contributed by atoms with Crippen molar-refractivity contribution in [3.8, 4) is 5.75 Å². The number of nitrogens with zero attached hydrogens (tertiary/aromatic N) is 3. The predicted molar refractivity (Wildman–Crippen MR) is 129 cm³/mol. The molecule has 8 heteroatoms. The maximum absolute atomic E-state index is 5.50. The van der Waals surface area contributed by atoms with Crippen LogP contribution in [-0.2, 0) is 6.42 Å². The number of rotatable bonds is 7. The number of hydrogen-bond donors (Lipinski definition) is 2. The van der Waals surface area contributed by atoms with Gasteiger partial charge in [-0.1, -0.05) is 12.1 Å². The van der Waals surface area contributed by atoms with Gasteiger partial charge in [0.25, 0.3) is 0 Å². The SMILES string of the molecule is CN=C(NCCCc1nc(C)cs1)NC1CCN(c2ccccc2OC)C1.I. The first-order valence-corrected chi connectivity index (χ1v) is 10.3. The van der Waals surface area contributed by atoms with Crippen LogP contribution in [0.2, 0.25) is 0 Å². The van der Waals surface area contributed by atoms with Crippen molar-refractivity contribution in [1.82, 2.24) is 15.6 Å². The molecule has 1 atom stereocenters. The Bertz CT molecular complexity index is 767. The average molecular weight is 515 g/mol. The fourth-order valence-electron chi connectivity index (χ4n) is 3.34. The van der Waals surface area contributed by atoms with E-state index in [2.05, 4.69) is 43.0 Å². The van der Waals surface area contributed by atoms with E-state index in [0.29, 0.717) is 6.04 Å². The minimum Gasteiger partial charge on any atom is -0.495 e. The Morgan fingerprint density at radius 1 is 1.39 bits per heavy atom. The van der Waals surface area contributed by atoms with Crippen molar-refractivity contribution in [2.24, 2.45) is 4.99 Å². The summed E-state index contributed by atoms with van der Waals surface area (Å²) in [5.41, 5.74) is 2.27. The van der Waals surface area contributed by atoms with Crippen LogP contribution in [0.1, 0.15) is 23.5 Å². The number of aromatic nitrogens is 1. The lowest BCUT2D eigenvalue weighted by Crippen LogP contribution is -2.44.